The van der Waals surface area contributed by atoms with Gasteiger partial charge in [-0.15, -0.1) is 5.10 Å². The summed E-state index contributed by atoms with van der Waals surface area (Å²) >= 11 is 7.36. The van der Waals surface area contributed by atoms with Crippen molar-refractivity contribution in [2.45, 2.75) is 44.9 Å². The molecule has 25 heavy (non-hydrogen) atoms. The predicted octanol–water partition coefficient (Wildman–Crippen LogP) is 3.87. The number of amides is 1. The number of H-pyrrole nitrogens is 1. The molecule has 0 saturated carbocycles. The molecular weight excluding hydrogens is 360 g/mol. The number of nitrogens with one attached hydrogen (secondary N) is 1. The number of carbonyl (C=O) groups excluding carboxylic acids is 1. The lowest BCUT2D eigenvalue weighted by atomic mass is 10.2. The SMILES string of the molecule is COc1ccc(Cl)cc1-c1nc(SCC(=O)N(C(C)C)C(C)C)n[nH]1. The molecule has 6 nitrogen and oxygen atoms in total. The third-order valence-corrected chi connectivity index (χ3v) is 4.67. The molecule has 0 radical (unpaired) electrons. The Morgan fingerprint density at radius 1 is 1.32 bits per heavy atom. The van der Waals surface area contributed by atoms with Gasteiger partial charge >= 0.3 is 0 Å². The van der Waals surface area contributed by atoms with Crippen molar-refractivity contribution in [3.8, 4) is 17.1 Å². The van der Waals surface area contributed by atoms with Crippen LogP contribution in [0.2, 0.25) is 5.02 Å². The molecule has 2 aromatic rings. The fourth-order valence-corrected chi connectivity index (χ4v) is 3.51. The summed E-state index contributed by atoms with van der Waals surface area (Å²) < 4.78 is 5.33. The maximum atomic E-state index is 12.4. The molecule has 0 bridgehead atoms. The Labute approximate surface area is 157 Å². The van der Waals surface area contributed by atoms with Crippen LogP contribution in [0.5, 0.6) is 5.75 Å². The number of carbonyl (C=O) groups is 1. The molecule has 0 unspecified atom stereocenters. The van der Waals surface area contributed by atoms with Gasteiger partial charge in [0.2, 0.25) is 11.1 Å². The first kappa shape index (κ1) is 19.6. The zero-order valence-corrected chi connectivity index (χ0v) is 16.6. The maximum absolute atomic E-state index is 12.4. The normalized spacial score (nSPS) is 11.2. The minimum atomic E-state index is 0.0710. The highest BCUT2D eigenvalue weighted by atomic mass is 35.5. The van der Waals surface area contributed by atoms with Gasteiger partial charge in [-0.3, -0.25) is 9.89 Å². The molecule has 0 aliphatic rings. The zero-order valence-electron chi connectivity index (χ0n) is 15.0. The largest absolute Gasteiger partial charge is 0.496 e. The summed E-state index contributed by atoms with van der Waals surface area (Å²) in [5, 5.41) is 8.15. The first-order chi connectivity index (χ1) is 11.8. The quantitative estimate of drug-likeness (QED) is 0.736. The van der Waals surface area contributed by atoms with Crippen LogP contribution in [0.3, 0.4) is 0 Å². The number of methoxy groups -OCH3 is 1. The van der Waals surface area contributed by atoms with Gasteiger partial charge in [0.15, 0.2) is 5.82 Å². The molecule has 0 aliphatic heterocycles. The summed E-state index contributed by atoms with van der Waals surface area (Å²) in [6.07, 6.45) is 0. The minimum absolute atomic E-state index is 0.0710. The Kier molecular flexibility index (Phi) is 6.72. The van der Waals surface area contributed by atoms with Gasteiger partial charge in [-0.05, 0) is 45.9 Å². The van der Waals surface area contributed by atoms with Crippen LogP contribution in [0, 0.1) is 0 Å². The van der Waals surface area contributed by atoms with E-state index in [4.69, 9.17) is 16.3 Å². The number of hydrogen-bond acceptors (Lipinski definition) is 5. The third kappa shape index (κ3) is 4.89. The number of aromatic amines is 1. The van der Waals surface area contributed by atoms with E-state index in [0.717, 1.165) is 5.56 Å². The summed E-state index contributed by atoms with van der Waals surface area (Å²) in [7, 11) is 1.59. The van der Waals surface area contributed by atoms with Crippen LogP contribution in [-0.2, 0) is 4.79 Å². The number of rotatable bonds is 7. The number of halogens is 1. The lowest BCUT2D eigenvalue weighted by molar-refractivity contribution is -0.131. The van der Waals surface area contributed by atoms with Crippen LogP contribution < -0.4 is 4.74 Å². The molecular formula is C17H23ClN4O2S. The van der Waals surface area contributed by atoms with E-state index in [2.05, 4.69) is 15.2 Å². The lowest BCUT2D eigenvalue weighted by Gasteiger charge is -2.30. The second kappa shape index (κ2) is 8.58. The first-order valence-corrected chi connectivity index (χ1v) is 9.40. The van der Waals surface area contributed by atoms with Gasteiger partial charge in [-0.1, -0.05) is 23.4 Å². The maximum Gasteiger partial charge on any atom is 0.233 e. The highest BCUT2D eigenvalue weighted by molar-refractivity contribution is 7.99. The van der Waals surface area contributed by atoms with E-state index in [1.807, 2.05) is 32.6 Å². The Hall–Kier alpha value is -1.73. The van der Waals surface area contributed by atoms with Gasteiger partial charge in [0, 0.05) is 17.1 Å². The monoisotopic (exact) mass is 382 g/mol. The zero-order chi connectivity index (χ0) is 18.6. The van der Waals surface area contributed by atoms with Crippen LogP contribution in [0.25, 0.3) is 11.4 Å². The van der Waals surface area contributed by atoms with E-state index in [1.54, 1.807) is 25.3 Å². The summed E-state index contributed by atoms with van der Waals surface area (Å²) in [6.45, 7) is 8.05. The average Bonchev–Trinajstić information content (AvgIpc) is 3.01. The molecule has 0 fully saturated rings. The van der Waals surface area contributed by atoms with Crippen LogP contribution in [-0.4, -0.2) is 50.9 Å². The van der Waals surface area contributed by atoms with Crippen molar-refractivity contribution in [1.82, 2.24) is 20.1 Å². The molecule has 2 rings (SSSR count). The second-order valence-corrected chi connectivity index (χ2v) is 7.47. The van der Waals surface area contributed by atoms with Crippen LogP contribution in [0.4, 0.5) is 0 Å². The molecule has 1 heterocycles. The highest BCUT2D eigenvalue weighted by Gasteiger charge is 2.21. The molecule has 0 spiro atoms. The van der Waals surface area contributed by atoms with E-state index in [9.17, 15) is 4.79 Å². The van der Waals surface area contributed by atoms with Gasteiger partial charge < -0.3 is 9.64 Å². The first-order valence-electron chi connectivity index (χ1n) is 8.03. The topological polar surface area (TPSA) is 71.1 Å². The Balaban J connectivity index is 2.10. The number of benzene rings is 1. The Bertz CT molecular complexity index is 725. The smallest absolute Gasteiger partial charge is 0.233 e. The molecule has 136 valence electrons. The van der Waals surface area contributed by atoms with Crippen LogP contribution in [0.1, 0.15) is 27.7 Å². The minimum Gasteiger partial charge on any atom is -0.496 e. The van der Waals surface area contributed by atoms with Crippen molar-refractivity contribution < 1.29 is 9.53 Å². The molecule has 0 atom stereocenters. The van der Waals surface area contributed by atoms with Crippen molar-refractivity contribution in [2.24, 2.45) is 0 Å². The van der Waals surface area contributed by atoms with Crippen molar-refractivity contribution in [3.05, 3.63) is 23.2 Å². The molecule has 1 N–H and O–H groups in total. The standard InChI is InChI=1S/C17H23ClN4O2S/c1-10(2)22(11(3)4)15(23)9-25-17-19-16(20-21-17)13-8-12(18)6-7-14(13)24-5/h6-8,10-11H,9H2,1-5H3,(H,19,20,21). The molecule has 1 aromatic carbocycles. The third-order valence-electron chi connectivity index (χ3n) is 3.61. The average molecular weight is 383 g/mol. The van der Waals surface area contributed by atoms with Crippen LogP contribution >= 0.6 is 23.4 Å². The summed E-state index contributed by atoms with van der Waals surface area (Å²) in [5.41, 5.74) is 0.728. The van der Waals surface area contributed by atoms with Crippen molar-refractivity contribution >= 4 is 29.3 Å². The van der Waals surface area contributed by atoms with E-state index in [1.165, 1.54) is 11.8 Å². The van der Waals surface area contributed by atoms with E-state index in [-0.39, 0.29) is 18.0 Å². The highest BCUT2D eigenvalue weighted by Crippen LogP contribution is 2.31. The summed E-state index contributed by atoms with van der Waals surface area (Å²) in [6, 6.07) is 5.61. The van der Waals surface area contributed by atoms with Gasteiger partial charge in [-0.2, -0.15) is 0 Å². The van der Waals surface area contributed by atoms with Gasteiger partial charge in [-0.25, -0.2) is 4.98 Å². The fourth-order valence-electron chi connectivity index (χ4n) is 2.67. The molecule has 0 aliphatic carbocycles. The number of nitrogens with zero attached hydrogens (tertiary/aromatic N) is 3. The number of hydrogen-bond donors (Lipinski definition) is 1. The van der Waals surface area contributed by atoms with E-state index in [0.29, 0.717) is 27.5 Å². The Morgan fingerprint density at radius 3 is 2.60 bits per heavy atom. The van der Waals surface area contributed by atoms with E-state index < -0.39 is 0 Å². The lowest BCUT2D eigenvalue weighted by Crippen LogP contribution is -2.43. The number of aromatic nitrogens is 3. The fraction of sp³-hybridized carbons (Fsp3) is 0.471. The molecule has 0 saturated heterocycles. The number of ether oxygens (including phenoxy) is 1. The Morgan fingerprint density at radius 2 is 2.00 bits per heavy atom. The summed E-state index contributed by atoms with van der Waals surface area (Å²) in [5.74, 6) is 1.57. The second-order valence-electron chi connectivity index (χ2n) is 6.09. The summed E-state index contributed by atoms with van der Waals surface area (Å²) in [4.78, 5) is 18.7. The van der Waals surface area contributed by atoms with Crippen LogP contribution in [0.15, 0.2) is 23.4 Å². The number of thioether (sulfide) groups is 1. The van der Waals surface area contributed by atoms with Gasteiger partial charge in [0.1, 0.15) is 5.75 Å². The van der Waals surface area contributed by atoms with Crippen molar-refractivity contribution in [2.75, 3.05) is 12.9 Å². The van der Waals surface area contributed by atoms with E-state index >= 15 is 0 Å². The van der Waals surface area contributed by atoms with Crippen molar-refractivity contribution in [3.63, 3.8) is 0 Å². The van der Waals surface area contributed by atoms with Gasteiger partial charge in [0.25, 0.3) is 0 Å². The van der Waals surface area contributed by atoms with Crippen molar-refractivity contribution in [1.29, 1.82) is 0 Å². The predicted molar refractivity (Wildman–Crippen MR) is 101 cm³/mol. The molecule has 1 amide bonds. The van der Waals surface area contributed by atoms with Gasteiger partial charge in [0.05, 0.1) is 18.4 Å². The molecule has 8 heteroatoms. The molecule has 1 aromatic heterocycles.